The van der Waals surface area contributed by atoms with Crippen molar-refractivity contribution in [3.05, 3.63) is 64.7 Å². The van der Waals surface area contributed by atoms with Gasteiger partial charge in [-0.2, -0.15) is 0 Å². The van der Waals surface area contributed by atoms with E-state index in [0.29, 0.717) is 10.6 Å². The molecule has 0 bridgehead atoms. The standard InChI is InChI=1S/C18H18ClNO3S/c1-12(17(21)20-11-14-5-3-4-6-16(14)19)23-18(22)13-7-9-15(24-2)10-8-13/h3-10,12H,11H2,1-2H3,(H,20,21)/t12-/m0/s1. The molecule has 0 spiro atoms. The Bertz CT molecular complexity index is 718. The maximum absolute atomic E-state index is 12.1. The summed E-state index contributed by atoms with van der Waals surface area (Å²) in [5, 5.41) is 3.29. The molecule has 1 N–H and O–H groups in total. The number of amides is 1. The van der Waals surface area contributed by atoms with Gasteiger partial charge in [0.1, 0.15) is 0 Å². The van der Waals surface area contributed by atoms with Crippen LogP contribution < -0.4 is 5.32 Å². The smallest absolute Gasteiger partial charge is 0.338 e. The third-order valence-corrected chi connectivity index (χ3v) is 4.50. The Balaban J connectivity index is 1.88. The fourth-order valence-electron chi connectivity index (χ4n) is 1.98. The van der Waals surface area contributed by atoms with E-state index in [1.54, 1.807) is 30.0 Å². The second-order valence-corrected chi connectivity index (χ2v) is 6.37. The zero-order chi connectivity index (χ0) is 17.5. The number of hydrogen-bond acceptors (Lipinski definition) is 4. The van der Waals surface area contributed by atoms with E-state index >= 15 is 0 Å². The summed E-state index contributed by atoms with van der Waals surface area (Å²) in [6.07, 6.45) is 1.07. The summed E-state index contributed by atoms with van der Waals surface area (Å²) >= 11 is 7.62. The molecule has 0 saturated heterocycles. The average molecular weight is 364 g/mol. The van der Waals surface area contributed by atoms with Crippen molar-refractivity contribution in [1.82, 2.24) is 5.32 Å². The molecule has 0 aliphatic heterocycles. The van der Waals surface area contributed by atoms with Crippen LogP contribution in [-0.2, 0) is 16.1 Å². The maximum atomic E-state index is 12.1. The van der Waals surface area contributed by atoms with E-state index in [9.17, 15) is 9.59 Å². The molecule has 4 nitrogen and oxygen atoms in total. The van der Waals surface area contributed by atoms with Gasteiger partial charge < -0.3 is 10.1 Å². The number of rotatable bonds is 6. The van der Waals surface area contributed by atoms with Crippen LogP contribution in [0.15, 0.2) is 53.4 Å². The highest BCUT2D eigenvalue weighted by molar-refractivity contribution is 7.98. The second-order valence-electron chi connectivity index (χ2n) is 5.09. The summed E-state index contributed by atoms with van der Waals surface area (Å²) in [6.45, 7) is 1.82. The Morgan fingerprint density at radius 3 is 2.46 bits per heavy atom. The largest absolute Gasteiger partial charge is 0.449 e. The van der Waals surface area contributed by atoms with Gasteiger partial charge in [-0.05, 0) is 49.1 Å². The predicted molar refractivity (Wildman–Crippen MR) is 96.4 cm³/mol. The number of ether oxygens (including phenoxy) is 1. The van der Waals surface area contributed by atoms with Crippen molar-refractivity contribution in [2.24, 2.45) is 0 Å². The summed E-state index contributed by atoms with van der Waals surface area (Å²) in [6, 6.07) is 14.3. The van der Waals surface area contributed by atoms with Gasteiger partial charge in [0.15, 0.2) is 6.10 Å². The van der Waals surface area contributed by atoms with Crippen LogP contribution >= 0.6 is 23.4 Å². The van der Waals surface area contributed by atoms with Gasteiger partial charge in [-0.1, -0.05) is 29.8 Å². The molecule has 0 aliphatic carbocycles. The van der Waals surface area contributed by atoms with Crippen molar-refractivity contribution in [2.75, 3.05) is 6.26 Å². The van der Waals surface area contributed by atoms with E-state index < -0.39 is 12.1 Å². The lowest BCUT2D eigenvalue weighted by atomic mass is 10.2. The number of nitrogens with one attached hydrogen (secondary N) is 1. The van der Waals surface area contributed by atoms with Crippen molar-refractivity contribution in [1.29, 1.82) is 0 Å². The summed E-state index contributed by atoms with van der Waals surface area (Å²) < 4.78 is 5.20. The topological polar surface area (TPSA) is 55.4 Å². The fraction of sp³-hybridized carbons (Fsp3) is 0.222. The van der Waals surface area contributed by atoms with Crippen LogP contribution in [0, 0.1) is 0 Å². The molecule has 0 aromatic heterocycles. The number of thioether (sulfide) groups is 1. The Hall–Kier alpha value is -1.98. The zero-order valence-electron chi connectivity index (χ0n) is 13.4. The van der Waals surface area contributed by atoms with Gasteiger partial charge in [0.2, 0.25) is 0 Å². The lowest BCUT2D eigenvalue weighted by molar-refractivity contribution is -0.129. The minimum atomic E-state index is -0.889. The number of hydrogen-bond donors (Lipinski definition) is 1. The molecule has 0 heterocycles. The number of carbonyl (C=O) groups excluding carboxylic acids is 2. The predicted octanol–water partition coefficient (Wildman–Crippen LogP) is 3.92. The first-order valence-electron chi connectivity index (χ1n) is 7.37. The van der Waals surface area contributed by atoms with Gasteiger partial charge >= 0.3 is 5.97 Å². The third kappa shape index (κ3) is 5.01. The SMILES string of the molecule is CSc1ccc(C(=O)O[C@@H](C)C(=O)NCc2ccccc2Cl)cc1. The van der Waals surface area contributed by atoms with Crippen LogP contribution in [0.4, 0.5) is 0 Å². The van der Waals surface area contributed by atoms with Crippen LogP contribution in [-0.4, -0.2) is 24.2 Å². The van der Waals surface area contributed by atoms with E-state index in [2.05, 4.69) is 5.32 Å². The average Bonchev–Trinajstić information content (AvgIpc) is 2.60. The molecule has 1 atom stereocenters. The Morgan fingerprint density at radius 2 is 1.83 bits per heavy atom. The van der Waals surface area contributed by atoms with Gasteiger partial charge in [-0.3, -0.25) is 4.79 Å². The third-order valence-electron chi connectivity index (χ3n) is 3.39. The molecule has 2 aromatic carbocycles. The normalized spacial score (nSPS) is 11.6. The van der Waals surface area contributed by atoms with E-state index in [-0.39, 0.29) is 12.5 Å². The zero-order valence-corrected chi connectivity index (χ0v) is 15.0. The molecular weight excluding hydrogens is 346 g/mol. The van der Waals surface area contributed by atoms with Gasteiger partial charge in [0, 0.05) is 16.5 Å². The lowest BCUT2D eigenvalue weighted by Gasteiger charge is -2.14. The molecule has 2 rings (SSSR count). The Morgan fingerprint density at radius 1 is 1.17 bits per heavy atom. The number of carbonyl (C=O) groups is 2. The molecular formula is C18H18ClNO3S. The number of halogens is 1. The van der Waals surface area contributed by atoms with Crippen LogP contribution in [0.25, 0.3) is 0 Å². The first kappa shape index (κ1) is 18.4. The van der Waals surface area contributed by atoms with Gasteiger partial charge in [-0.15, -0.1) is 11.8 Å². The fourth-order valence-corrected chi connectivity index (χ4v) is 2.59. The molecule has 6 heteroatoms. The van der Waals surface area contributed by atoms with E-state index in [4.69, 9.17) is 16.3 Å². The van der Waals surface area contributed by atoms with E-state index in [0.717, 1.165) is 10.5 Å². The highest BCUT2D eigenvalue weighted by atomic mass is 35.5. The minimum Gasteiger partial charge on any atom is -0.449 e. The van der Waals surface area contributed by atoms with Crippen molar-refractivity contribution in [3.63, 3.8) is 0 Å². The molecule has 0 radical (unpaired) electrons. The molecule has 0 saturated carbocycles. The first-order valence-corrected chi connectivity index (χ1v) is 8.97. The summed E-state index contributed by atoms with van der Waals surface area (Å²) in [7, 11) is 0. The van der Waals surface area contributed by atoms with Crippen LogP contribution in [0.5, 0.6) is 0 Å². The van der Waals surface area contributed by atoms with Crippen molar-refractivity contribution in [2.45, 2.75) is 24.5 Å². The Kier molecular flexibility index (Phi) is 6.70. The van der Waals surface area contributed by atoms with Crippen LogP contribution in [0.2, 0.25) is 5.02 Å². The number of esters is 1. The van der Waals surface area contributed by atoms with Crippen LogP contribution in [0.3, 0.4) is 0 Å². The highest BCUT2D eigenvalue weighted by Gasteiger charge is 2.18. The highest BCUT2D eigenvalue weighted by Crippen LogP contribution is 2.16. The van der Waals surface area contributed by atoms with Gasteiger partial charge in [0.25, 0.3) is 5.91 Å². The summed E-state index contributed by atoms with van der Waals surface area (Å²) in [4.78, 5) is 25.2. The molecule has 2 aromatic rings. The van der Waals surface area contributed by atoms with Crippen molar-refractivity contribution >= 4 is 35.2 Å². The lowest BCUT2D eigenvalue weighted by Crippen LogP contribution is -2.35. The minimum absolute atomic E-state index is 0.281. The molecule has 24 heavy (non-hydrogen) atoms. The maximum Gasteiger partial charge on any atom is 0.338 e. The quantitative estimate of drug-likeness (QED) is 0.624. The van der Waals surface area contributed by atoms with E-state index in [1.165, 1.54) is 6.92 Å². The summed E-state index contributed by atoms with van der Waals surface area (Å²) in [5.74, 6) is -0.896. The van der Waals surface area contributed by atoms with Gasteiger partial charge in [0.05, 0.1) is 5.56 Å². The first-order chi connectivity index (χ1) is 11.5. The van der Waals surface area contributed by atoms with Crippen molar-refractivity contribution in [3.8, 4) is 0 Å². The van der Waals surface area contributed by atoms with E-state index in [1.807, 2.05) is 36.6 Å². The molecule has 126 valence electrons. The molecule has 0 fully saturated rings. The van der Waals surface area contributed by atoms with Crippen LogP contribution in [0.1, 0.15) is 22.8 Å². The van der Waals surface area contributed by atoms with Crippen molar-refractivity contribution < 1.29 is 14.3 Å². The monoisotopic (exact) mass is 363 g/mol. The number of benzene rings is 2. The molecule has 0 unspecified atom stereocenters. The summed E-state index contributed by atoms with van der Waals surface area (Å²) in [5.41, 5.74) is 1.22. The second kappa shape index (κ2) is 8.76. The van der Waals surface area contributed by atoms with Gasteiger partial charge in [-0.25, -0.2) is 4.79 Å². The molecule has 0 aliphatic rings. The molecule has 1 amide bonds. The Labute approximate surface area is 150 Å².